The SMILES string of the molecule is CC.CCc1ccc(S(=O)(=O)Nc2ccc(O)cc2Cn2c(N)c(C(=O)c3ccc(OC)cc3)c3ccc(OC)nc32)cc1. The number of carbonyl (C=O) groups excluding carboxylic acids is 1. The van der Waals surface area contributed by atoms with Gasteiger partial charge in [-0.1, -0.05) is 32.9 Å². The van der Waals surface area contributed by atoms with E-state index in [0.717, 1.165) is 12.0 Å². The van der Waals surface area contributed by atoms with Gasteiger partial charge in [0.15, 0.2) is 5.78 Å². The van der Waals surface area contributed by atoms with E-state index in [1.54, 1.807) is 72.3 Å². The number of rotatable bonds is 10. The topological polar surface area (TPSA) is 146 Å². The molecular formula is C33H36N4O6S. The molecule has 0 aliphatic carbocycles. The van der Waals surface area contributed by atoms with Crippen molar-refractivity contribution in [3.63, 3.8) is 0 Å². The first-order valence-electron chi connectivity index (χ1n) is 14.1. The number of phenolic OH excluding ortho intramolecular Hbond substituents is 1. The van der Waals surface area contributed by atoms with Crippen LogP contribution in [0.1, 0.15) is 47.8 Å². The lowest BCUT2D eigenvalue weighted by atomic mass is 10.0. The number of nitrogens with two attached hydrogens (primary N) is 1. The lowest BCUT2D eigenvalue weighted by Crippen LogP contribution is -2.16. The Morgan fingerprint density at radius 2 is 1.64 bits per heavy atom. The number of aromatic hydroxyl groups is 1. The van der Waals surface area contributed by atoms with Crippen LogP contribution in [0, 0.1) is 0 Å². The highest BCUT2D eigenvalue weighted by atomic mass is 32.2. The molecule has 11 heteroatoms. The number of pyridine rings is 1. The second-order valence-electron chi connectivity index (χ2n) is 9.57. The molecule has 5 aromatic rings. The van der Waals surface area contributed by atoms with Gasteiger partial charge in [-0.05, 0) is 78.2 Å². The molecular weight excluding hydrogens is 580 g/mol. The summed E-state index contributed by atoms with van der Waals surface area (Å²) in [6, 6.07) is 20.9. The third-order valence-electron chi connectivity index (χ3n) is 7.01. The Balaban J connectivity index is 0.00000216. The van der Waals surface area contributed by atoms with Crippen LogP contribution < -0.4 is 19.9 Å². The standard InChI is InChI=1S/C31H30N4O6S.C2H6/c1-4-19-5-12-24(13-6-19)42(38,39)34-26-15-9-22(36)17-21(26)18-35-30(32)28(25-14-16-27(41-3)33-31(25)35)29(37)20-7-10-23(40-2)11-8-20;1-2/h5-17,34,36H,4,18,32H2,1-3H3;1-2H3. The van der Waals surface area contributed by atoms with Crippen molar-refractivity contribution in [3.8, 4) is 17.4 Å². The monoisotopic (exact) mass is 616 g/mol. The number of ketones is 1. The van der Waals surface area contributed by atoms with Gasteiger partial charge < -0.3 is 24.9 Å². The summed E-state index contributed by atoms with van der Waals surface area (Å²) in [4.78, 5) is 18.3. The van der Waals surface area contributed by atoms with Crippen LogP contribution in [0.15, 0.2) is 83.8 Å². The fourth-order valence-electron chi connectivity index (χ4n) is 4.71. The zero-order valence-electron chi connectivity index (χ0n) is 25.3. The second kappa shape index (κ2) is 13.5. The zero-order chi connectivity index (χ0) is 32.0. The number of ether oxygens (including phenoxy) is 2. The Morgan fingerprint density at radius 3 is 2.25 bits per heavy atom. The van der Waals surface area contributed by atoms with E-state index in [1.807, 2.05) is 20.8 Å². The average Bonchev–Trinajstić information content (AvgIpc) is 3.32. The predicted octanol–water partition coefficient (Wildman–Crippen LogP) is 6.01. The van der Waals surface area contributed by atoms with Crippen molar-refractivity contribution >= 4 is 38.3 Å². The molecule has 0 unspecified atom stereocenters. The third kappa shape index (κ3) is 6.47. The lowest BCUT2D eigenvalue weighted by Gasteiger charge is -2.15. The minimum absolute atomic E-state index is 0.0145. The number of aryl methyl sites for hydroxylation is 1. The van der Waals surface area contributed by atoms with E-state index in [-0.39, 0.29) is 40.0 Å². The summed E-state index contributed by atoms with van der Waals surface area (Å²) in [5.41, 5.74) is 9.27. The molecule has 0 saturated carbocycles. The summed E-state index contributed by atoms with van der Waals surface area (Å²) in [6.45, 7) is 5.97. The number of hydrogen-bond donors (Lipinski definition) is 3. The van der Waals surface area contributed by atoms with E-state index in [0.29, 0.717) is 33.8 Å². The van der Waals surface area contributed by atoms with Gasteiger partial charge in [0.25, 0.3) is 10.0 Å². The van der Waals surface area contributed by atoms with Crippen molar-refractivity contribution in [3.05, 3.63) is 101 Å². The van der Waals surface area contributed by atoms with Gasteiger partial charge >= 0.3 is 0 Å². The second-order valence-corrected chi connectivity index (χ2v) is 11.3. The van der Waals surface area contributed by atoms with E-state index >= 15 is 0 Å². The van der Waals surface area contributed by atoms with Gasteiger partial charge in [0.1, 0.15) is 23.0 Å². The number of phenols is 1. The maximum Gasteiger partial charge on any atom is 0.261 e. The number of carbonyl (C=O) groups is 1. The molecule has 0 aliphatic heterocycles. The third-order valence-corrected chi connectivity index (χ3v) is 8.39. The van der Waals surface area contributed by atoms with E-state index in [2.05, 4.69) is 9.71 Å². The molecule has 2 heterocycles. The lowest BCUT2D eigenvalue weighted by molar-refractivity contribution is 0.104. The van der Waals surface area contributed by atoms with Gasteiger partial charge in [-0.2, -0.15) is 4.98 Å². The molecule has 44 heavy (non-hydrogen) atoms. The van der Waals surface area contributed by atoms with E-state index in [4.69, 9.17) is 15.2 Å². The van der Waals surface area contributed by atoms with Crippen molar-refractivity contribution in [2.24, 2.45) is 0 Å². The van der Waals surface area contributed by atoms with Gasteiger partial charge in [-0.25, -0.2) is 8.42 Å². The van der Waals surface area contributed by atoms with Gasteiger partial charge in [-0.15, -0.1) is 0 Å². The number of aromatic nitrogens is 2. The van der Waals surface area contributed by atoms with Crippen molar-refractivity contribution in [1.29, 1.82) is 0 Å². The summed E-state index contributed by atoms with van der Waals surface area (Å²) in [7, 11) is -0.935. The number of benzene rings is 3. The Hall–Kier alpha value is -5.03. The number of nitrogens with zero attached hydrogens (tertiary/aromatic N) is 2. The number of nitrogen functional groups attached to an aromatic ring is 1. The fraction of sp³-hybridized carbons (Fsp3) is 0.212. The van der Waals surface area contributed by atoms with Crippen LogP contribution >= 0.6 is 0 Å². The number of methoxy groups -OCH3 is 2. The summed E-state index contributed by atoms with van der Waals surface area (Å²) >= 11 is 0. The van der Waals surface area contributed by atoms with E-state index in [9.17, 15) is 18.3 Å². The molecule has 230 valence electrons. The van der Waals surface area contributed by atoms with Gasteiger partial charge in [0.05, 0.1) is 36.9 Å². The highest BCUT2D eigenvalue weighted by Crippen LogP contribution is 2.34. The van der Waals surface area contributed by atoms with Gasteiger partial charge in [-0.3, -0.25) is 9.52 Å². The quantitative estimate of drug-likeness (QED) is 0.128. The van der Waals surface area contributed by atoms with E-state index < -0.39 is 10.0 Å². The molecule has 0 bridgehead atoms. The molecule has 0 atom stereocenters. The van der Waals surface area contributed by atoms with Gasteiger partial charge in [0.2, 0.25) is 5.88 Å². The maximum absolute atomic E-state index is 13.7. The molecule has 0 aliphatic rings. The minimum Gasteiger partial charge on any atom is -0.508 e. The molecule has 0 amide bonds. The Kier molecular flexibility index (Phi) is 9.80. The minimum atomic E-state index is -3.95. The first-order valence-corrected chi connectivity index (χ1v) is 15.6. The molecule has 0 spiro atoms. The molecule has 10 nitrogen and oxygen atoms in total. The van der Waals surface area contributed by atoms with Gasteiger partial charge in [0, 0.05) is 17.0 Å². The normalized spacial score (nSPS) is 11.0. The number of hydrogen-bond acceptors (Lipinski definition) is 8. The Bertz CT molecular complexity index is 1880. The van der Waals surface area contributed by atoms with Crippen molar-refractivity contribution in [1.82, 2.24) is 9.55 Å². The number of anilines is 2. The van der Waals surface area contributed by atoms with Crippen LogP contribution in [0.5, 0.6) is 17.4 Å². The Labute approximate surface area is 257 Å². The average molecular weight is 617 g/mol. The zero-order valence-corrected chi connectivity index (χ0v) is 26.1. The number of fused-ring (bicyclic) bond motifs is 1. The number of nitrogens with one attached hydrogen (secondary N) is 1. The van der Waals surface area contributed by atoms with Crippen molar-refractivity contribution < 1.29 is 27.8 Å². The molecule has 0 fully saturated rings. The smallest absolute Gasteiger partial charge is 0.261 e. The molecule has 4 N–H and O–H groups in total. The summed E-state index contributed by atoms with van der Waals surface area (Å²) in [5.74, 6) is 0.637. The molecule has 2 aromatic heterocycles. The molecule has 0 radical (unpaired) electrons. The molecule has 3 aromatic carbocycles. The van der Waals surface area contributed by atoms with Crippen LogP contribution in [0.4, 0.5) is 11.5 Å². The summed E-state index contributed by atoms with van der Waals surface area (Å²) in [5, 5.41) is 10.8. The van der Waals surface area contributed by atoms with Crippen LogP contribution in [-0.4, -0.2) is 43.1 Å². The fourth-order valence-corrected chi connectivity index (χ4v) is 5.81. The largest absolute Gasteiger partial charge is 0.508 e. The first-order chi connectivity index (χ1) is 21.1. The Morgan fingerprint density at radius 1 is 0.955 bits per heavy atom. The highest BCUT2D eigenvalue weighted by molar-refractivity contribution is 7.92. The summed E-state index contributed by atoms with van der Waals surface area (Å²) in [6.07, 6.45) is 0.782. The van der Waals surface area contributed by atoms with Crippen molar-refractivity contribution in [2.45, 2.75) is 38.6 Å². The van der Waals surface area contributed by atoms with Crippen LogP contribution in [0.3, 0.4) is 0 Å². The number of sulfonamides is 1. The molecule has 0 saturated heterocycles. The predicted molar refractivity (Wildman–Crippen MR) is 172 cm³/mol. The van der Waals surface area contributed by atoms with Crippen molar-refractivity contribution in [2.75, 3.05) is 24.7 Å². The van der Waals surface area contributed by atoms with Crippen LogP contribution in [0.25, 0.3) is 11.0 Å². The van der Waals surface area contributed by atoms with E-state index in [1.165, 1.54) is 25.3 Å². The first kappa shape index (κ1) is 31.9. The van der Waals surface area contributed by atoms with Crippen LogP contribution in [0.2, 0.25) is 0 Å². The van der Waals surface area contributed by atoms with Crippen LogP contribution in [-0.2, 0) is 23.0 Å². The highest BCUT2D eigenvalue weighted by Gasteiger charge is 2.25. The molecule has 5 rings (SSSR count). The maximum atomic E-state index is 13.7. The summed E-state index contributed by atoms with van der Waals surface area (Å²) < 4.78 is 41.3.